The highest BCUT2D eigenvalue weighted by atomic mass is 16.5. The quantitative estimate of drug-likeness (QED) is 0.790. The van der Waals surface area contributed by atoms with Crippen molar-refractivity contribution in [3.05, 3.63) is 60.4 Å². The molecule has 3 nitrogen and oxygen atoms in total. The first-order chi connectivity index (χ1) is 8.40. The van der Waals surface area contributed by atoms with Gasteiger partial charge in [-0.1, -0.05) is 24.3 Å². The molecule has 1 aromatic heterocycles. The van der Waals surface area contributed by atoms with Crippen LogP contribution in [0.2, 0.25) is 0 Å². The molecule has 1 unspecified atom stereocenters. The fraction of sp³-hybridized carbons (Fsp3) is 0.214. The number of rotatable bonds is 5. The van der Waals surface area contributed by atoms with Crippen LogP contribution in [0.5, 0.6) is 5.75 Å². The molecule has 88 valence electrons. The Kier molecular flexibility index (Phi) is 4.11. The van der Waals surface area contributed by atoms with Gasteiger partial charge in [-0.3, -0.25) is 4.98 Å². The average molecular weight is 229 g/mol. The van der Waals surface area contributed by atoms with E-state index in [1.165, 1.54) is 0 Å². The van der Waals surface area contributed by atoms with Gasteiger partial charge < -0.3 is 9.47 Å². The van der Waals surface area contributed by atoms with Gasteiger partial charge in [0.15, 0.2) is 0 Å². The first-order valence-corrected chi connectivity index (χ1v) is 5.51. The van der Waals surface area contributed by atoms with Gasteiger partial charge in [-0.25, -0.2) is 0 Å². The molecule has 0 fully saturated rings. The van der Waals surface area contributed by atoms with Crippen molar-refractivity contribution >= 4 is 0 Å². The molecule has 0 amide bonds. The second-order valence-electron chi connectivity index (χ2n) is 3.60. The second-order valence-corrected chi connectivity index (χ2v) is 3.60. The third-order valence-corrected chi connectivity index (χ3v) is 2.45. The van der Waals surface area contributed by atoms with E-state index in [9.17, 15) is 0 Å². The summed E-state index contributed by atoms with van der Waals surface area (Å²) in [5.41, 5.74) is 0.880. The minimum absolute atomic E-state index is 0.142. The van der Waals surface area contributed by atoms with E-state index >= 15 is 0 Å². The van der Waals surface area contributed by atoms with E-state index in [0.717, 1.165) is 11.4 Å². The number of hydrogen-bond donors (Lipinski definition) is 0. The summed E-state index contributed by atoms with van der Waals surface area (Å²) in [7, 11) is 1.66. The Morgan fingerprint density at radius 2 is 1.82 bits per heavy atom. The van der Waals surface area contributed by atoms with Crippen molar-refractivity contribution < 1.29 is 9.47 Å². The van der Waals surface area contributed by atoms with Crippen LogP contribution in [-0.4, -0.2) is 18.7 Å². The van der Waals surface area contributed by atoms with Crippen molar-refractivity contribution in [3.8, 4) is 5.75 Å². The molecule has 2 rings (SSSR count). The Hall–Kier alpha value is -1.87. The minimum Gasteiger partial charge on any atom is -0.490 e. The van der Waals surface area contributed by atoms with Crippen LogP contribution in [0.15, 0.2) is 54.7 Å². The molecule has 1 heterocycles. The Morgan fingerprint density at radius 1 is 1.06 bits per heavy atom. The summed E-state index contributed by atoms with van der Waals surface area (Å²) >= 11 is 0. The van der Waals surface area contributed by atoms with Crippen LogP contribution in [0, 0.1) is 0 Å². The normalized spacial score (nSPS) is 12.1. The monoisotopic (exact) mass is 229 g/mol. The van der Waals surface area contributed by atoms with Crippen molar-refractivity contribution in [2.24, 2.45) is 0 Å². The highest BCUT2D eigenvalue weighted by Crippen LogP contribution is 2.16. The Labute approximate surface area is 101 Å². The van der Waals surface area contributed by atoms with Crippen LogP contribution in [0.1, 0.15) is 11.8 Å². The highest BCUT2D eigenvalue weighted by molar-refractivity contribution is 5.21. The number of pyridine rings is 1. The van der Waals surface area contributed by atoms with Crippen LogP contribution < -0.4 is 4.74 Å². The maximum Gasteiger partial charge on any atom is 0.133 e. The van der Waals surface area contributed by atoms with Crippen molar-refractivity contribution in [1.82, 2.24) is 4.98 Å². The third kappa shape index (κ3) is 3.29. The zero-order valence-corrected chi connectivity index (χ0v) is 9.74. The minimum atomic E-state index is -0.142. The molecule has 2 aromatic rings. The number of ether oxygens (including phenoxy) is 2. The van der Waals surface area contributed by atoms with Crippen LogP contribution >= 0.6 is 0 Å². The number of hydrogen-bond acceptors (Lipinski definition) is 3. The van der Waals surface area contributed by atoms with Gasteiger partial charge >= 0.3 is 0 Å². The van der Waals surface area contributed by atoms with Gasteiger partial charge in [0.1, 0.15) is 18.5 Å². The first kappa shape index (κ1) is 11.6. The number of aromatic nitrogens is 1. The maximum absolute atomic E-state index is 5.65. The summed E-state index contributed by atoms with van der Waals surface area (Å²) in [5, 5.41) is 0. The van der Waals surface area contributed by atoms with E-state index in [4.69, 9.17) is 9.47 Å². The Balaban J connectivity index is 1.97. The summed E-state index contributed by atoms with van der Waals surface area (Å²) < 4.78 is 11.0. The number of methoxy groups -OCH3 is 1. The highest BCUT2D eigenvalue weighted by Gasteiger charge is 2.12. The van der Waals surface area contributed by atoms with E-state index < -0.39 is 0 Å². The molecule has 0 aliphatic heterocycles. The van der Waals surface area contributed by atoms with Gasteiger partial charge in [-0.05, 0) is 24.3 Å². The SMILES string of the molecule is COC(COc1ccccc1)c1ccccn1. The molecule has 0 saturated carbocycles. The van der Waals surface area contributed by atoms with Gasteiger partial charge in [0, 0.05) is 13.3 Å². The van der Waals surface area contributed by atoms with Gasteiger partial charge in [0.2, 0.25) is 0 Å². The lowest BCUT2D eigenvalue weighted by atomic mass is 10.2. The van der Waals surface area contributed by atoms with E-state index in [2.05, 4.69) is 4.98 Å². The lowest BCUT2D eigenvalue weighted by molar-refractivity contribution is 0.0546. The fourth-order valence-electron chi connectivity index (χ4n) is 1.53. The summed E-state index contributed by atoms with van der Waals surface area (Å²) in [6.07, 6.45) is 1.61. The predicted molar refractivity (Wildman–Crippen MR) is 65.9 cm³/mol. The van der Waals surface area contributed by atoms with Crippen molar-refractivity contribution in [2.75, 3.05) is 13.7 Å². The molecule has 3 heteroatoms. The summed E-state index contributed by atoms with van der Waals surface area (Å²) in [4.78, 5) is 4.26. The standard InChI is InChI=1S/C14H15NO2/c1-16-14(13-9-5-6-10-15-13)11-17-12-7-3-2-4-8-12/h2-10,14H,11H2,1H3. The largest absolute Gasteiger partial charge is 0.490 e. The van der Waals surface area contributed by atoms with Crippen LogP contribution in [0.3, 0.4) is 0 Å². The molecule has 0 aliphatic rings. The van der Waals surface area contributed by atoms with Crippen molar-refractivity contribution in [3.63, 3.8) is 0 Å². The molecular weight excluding hydrogens is 214 g/mol. The van der Waals surface area contributed by atoms with Gasteiger partial charge in [-0.15, -0.1) is 0 Å². The van der Waals surface area contributed by atoms with Crippen LogP contribution in [0.4, 0.5) is 0 Å². The zero-order valence-electron chi connectivity index (χ0n) is 9.74. The molecule has 0 radical (unpaired) electrons. The predicted octanol–water partition coefficient (Wildman–Crippen LogP) is 2.85. The zero-order chi connectivity index (χ0) is 11.9. The van der Waals surface area contributed by atoms with Gasteiger partial charge in [0.05, 0.1) is 5.69 Å². The molecule has 1 aromatic carbocycles. The lowest BCUT2D eigenvalue weighted by Gasteiger charge is -2.15. The fourth-order valence-corrected chi connectivity index (χ4v) is 1.53. The summed E-state index contributed by atoms with van der Waals surface area (Å²) in [6.45, 7) is 0.456. The van der Waals surface area contributed by atoms with Crippen LogP contribution in [0.25, 0.3) is 0 Å². The van der Waals surface area contributed by atoms with Crippen LogP contribution in [-0.2, 0) is 4.74 Å². The summed E-state index contributed by atoms with van der Waals surface area (Å²) in [5.74, 6) is 0.838. The molecule has 0 aliphatic carbocycles. The van der Waals surface area contributed by atoms with Gasteiger partial charge in [-0.2, -0.15) is 0 Å². The Bertz CT molecular complexity index is 430. The molecule has 0 saturated heterocycles. The topological polar surface area (TPSA) is 31.4 Å². The molecule has 0 N–H and O–H groups in total. The molecule has 17 heavy (non-hydrogen) atoms. The third-order valence-electron chi connectivity index (χ3n) is 2.45. The average Bonchev–Trinajstić information content (AvgIpc) is 2.42. The number of nitrogens with zero attached hydrogens (tertiary/aromatic N) is 1. The molecular formula is C14H15NO2. The van der Waals surface area contributed by atoms with E-state index in [-0.39, 0.29) is 6.10 Å². The number of benzene rings is 1. The molecule has 1 atom stereocenters. The molecule has 0 spiro atoms. The van der Waals surface area contributed by atoms with E-state index in [0.29, 0.717) is 6.61 Å². The maximum atomic E-state index is 5.65. The molecule has 0 bridgehead atoms. The second kappa shape index (κ2) is 6.01. The van der Waals surface area contributed by atoms with Crippen molar-refractivity contribution in [2.45, 2.75) is 6.10 Å². The summed E-state index contributed by atoms with van der Waals surface area (Å²) in [6, 6.07) is 15.4. The Morgan fingerprint density at radius 3 is 2.47 bits per heavy atom. The first-order valence-electron chi connectivity index (χ1n) is 5.51. The van der Waals surface area contributed by atoms with E-state index in [1.54, 1.807) is 13.3 Å². The smallest absolute Gasteiger partial charge is 0.133 e. The van der Waals surface area contributed by atoms with Crippen molar-refractivity contribution in [1.29, 1.82) is 0 Å². The number of para-hydroxylation sites is 1. The van der Waals surface area contributed by atoms with E-state index in [1.807, 2.05) is 48.5 Å². The van der Waals surface area contributed by atoms with Gasteiger partial charge in [0.25, 0.3) is 0 Å². The lowest BCUT2D eigenvalue weighted by Crippen LogP contribution is -2.13.